The summed E-state index contributed by atoms with van der Waals surface area (Å²) in [6, 6.07) is 144. The Labute approximate surface area is 552 Å². The molecule has 15 aromatic rings. The van der Waals surface area contributed by atoms with Crippen molar-refractivity contribution in [3.05, 3.63) is 428 Å². The molecule has 0 aromatic heterocycles. The van der Waals surface area contributed by atoms with Crippen LogP contribution in [0.2, 0.25) is 0 Å². The Hall–Kier alpha value is -12.0. The number of benzene rings is 15. The average Bonchev–Trinajstić information content (AvgIpc) is 0.823. The predicted molar refractivity (Wildman–Crippen MR) is 397 cm³/mol. The van der Waals surface area contributed by atoms with Gasteiger partial charge in [-0.15, -0.1) is 0 Å². The van der Waals surface area contributed by atoms with Crippen LogP contribution >= 0.6 is 0 Å². The molecule has 0 radical (unpaired) electrons. The zero-order valence-corrected chi connectivity index (χ0v) is 52.2. The van der Waals surface area contributed by atoms with Gasteiger partial charge in [0.25, 0.3) is 0 Å². The van der Waals surface area contributed by atoms with Crippen molar-refractivity contribution >= 4 is 62.0 Å². The van der Waals surface area contributed by atoms with Crippen LogP contribution in [0.25, 0.3) is 44.2 Å². The predicted octanol–water partition coefficient (Wildman–Crippen LogP) is 24.8. The largest absolute Gasteiger partial charge is 0.311 e. The summed E-state index contributed by atoms with van der Waals surface area (Å²) in [4.78, 5) is 7.00. The van der Waals surface area contributed by atoms with Crippen LogP contribution in [0.5, 0.6) is 0 Å². The van der Waals surface area contributed by atoms with E-state index < -0.39 is 0 Å². The maximum Gasteiger partial charge on any atom is 0.0464 e. The minimum absolute atomic E-state index is 0.0590. The van der Waals surface area contributed by atoms with Gasteiger partial charge in [0.15, 0.2) is 0 Å². The first-order chi connectivity index (χ1) is 46.6. The summed E-state index contributed by atoms with van der Waals surface area (Å²) in [5, 5.41) is 2.50. The Kier molecular flexibility index (Phi) is 16.9. The van der Waals surface area contributed by atoms with Gasteiger partial charge >= 0.3 is 0 Å². The van der Waals surface area contributed by atoms with Crippen LogP contribution in [-0.4, -0.2) is 0 Å². The lowest BCUT2D eigenvalue weighted by Crippen LogP contribution is -2.12. The van der Waals surface area contributed by atoms with Gasteiger partial charge in [0, 0.05) is 63.0 Å². The number of anilines is 9. The molecule has 0 amide bonds. The van der Waals surface area contributed by atoms with E-state index in [1.165, 1.54) is 66.4 Å². The lowest BCUT2D eigenvalue weighted by atomic mass is 9.80. The highest BCUT2D eigenvalue weighted by atomic mass is 15.2. The van der Waals surface area contributed by atoms with Gasteiger partial charge in [0.05, 0.1) is 0 Å². The van der Waals surface area contributed by atoms with Crippen LogP contribution in [-0.2, 0) is 6.42 Å². The molecule has 0 aliphatic carbocycles. The summed E-state index contributed by atoms with van der Waals surface area (Å²) in [5.41, 5.74) is 24.6. The molecule has 0 N–H and O–H groups in total. The van der Waals surface area contributed by atoms with Gasteiger partial charge < -0.3 is 14.7 Å². The summed E-state index contributed by atoms with van der Waals surface area (Å²) in [5.74, 6) is 0.000388. The zero-order valence-electron chi connectivity index (χ0n) is 52.2. The molecule has 0 saturated carbocycles. The van der Waals surface area contributed by atoms with E-state index in [1.54, 1.807) is 0 Å². The van der Waals surface area contributed by atoms with Crippen LogP contribution in [0.4, 0.5) is 51.2 Å². The molecule has 15 aromatic carbocycles. The normalized spacial score (nSPS) is 11.8. The topological polar surface area (TPSA) is 9.72 Å². The Morgan fingerprint density at radius 3 is 0.989 bits per heavy atom. The minimum Gasteiger partial charge on any atom is -0.311 e. The molecule has 3 nitrogen and oxygen atoms in total. The summed E-state index contributed by atoms with van der Waals surface area (Å²) >= 11 is 0. The molecule has 448 valence electrons. The van der Waals surface area contributed by atoms with E-state index in [9.17, 15) is 0 Å². The van der Waals surface area contributed by atoms with Gasteiger partial charge in [-0.1, -0.05) is 285 Å². The third-order valence-electron chi connectivity index (χ3n) is 18.2. The van der Waals surface area contributed by atoms with Crippen molar-refractivity contribution in [2.24, 2.45) is 0 Å². The highest BCUT2D eigenvalue weighted by molar-refractivity contribution is 5.96. The van der Waals surface area contributed by atoms with E-state index in [0.717, 1.165) is 68.7 Å². The fourth-order valence-corrected chi connectivity index (χ4v) is 13.5. The SMILES string of the molecule is c1ccc(C(c2cccc(C(Cc3ccc(-c4ccc(N(c5ccccc5)c5ccccc5)cc4)cc3)c3ccc(-c4cccc5ccccc45)cc3)c2)c2cccc(N(c3ccccc3)c3ccc(-c4ccc(N(c5ccccc5)c5ccccc5)cc4)cc3)c2)cc1. The van der Waals surface area contributed by atoms with E-state index in [1.807, 2.05) is 0 Å². The second kappa shape index (κ2) is 27.2. The van der Waals surface area contributed by atoms with Crippen molar-refractivity contribution in [3.63, 3.8) is 0 Å². The van der Waals surface area contributed by atoms with Crippen molar-refractivity contribution in [1.29, 1.82) is 0 Å². The van der Waals surface area contributed by atoms with Gasteiger partial charge in [0.1, 0.15) is 0 Å². The molecular formula is C91H69N3. The molecule has 0 heterocycles. The molecule has 0 aliphatic rings. The van der Waals surface area contributed by atoms with Crippen molar-refractivity contribution in [2.75, 3.05) is 14.7 Å². The lowest BCUT2D eigenvalue weighted by Gasteiger charge is -2.28. The summed E-state index contributed by atoms with van der Waals surface area (Å²) < 4.78 is 0. The maximum absolute atomic E-state index is 2.48. The van der Waals surface area contributed by atoms with Crippen molar-refractivity contribution in [3.8, 4) is 33.4 Å². The van der Waals surface area contributed by atoms with E-state index >= 15 is 0 Å². The van der Waals surface area contributed by atoms with Crippen LogP contribution in [0, 0.1) is 0 Å². The monoisotopic (exact) mass is 1200 g/mol. The van der Waals surface area contributed by atoms with Gasteiger partial charge in [-0.2, -0.15) is 0 Å². The van der Waals surface area contributed by atoms with Gasteiger partial charge in [-0.25, -0.2) is 0 Å². The van der Waals surface area contributed by atoms with Crippen LogP contribution in [0.1, 0.15) is 45.2 Å². The van der Waals surface area contributed by atoms with E-state index in [4.69, 9.17) is 0 Å². The molecule has 0 bridgehead atoms. The molecular weight excluding hydrogens is 1140 g/mol. The van der Waals surface area contributed by atoms with Crippen molar-refractivity contribution in [1.82, 2.24) is 0 Å². The molecule has 2 unspecified atom stereocenters. The highest BCUT2D eigenvalue weighted by Gasteiger charge is 2.24. The molecule has 2 atom stereocenters. The molecule has 0 aliphatic heterocycles. The fourth-order valence-electron chi connectivity index (χ4n) is 13.5. The van der Waals surface area contributed by atoms with Gasteiger partial charge in [-0.05, 0) is 193 Å². The fraction of sp³-hybridized carbons (Fsp3) is 0.0330. The summed E-state index contributed by atoms with van der Waals surface area (Å²) in [7, 11) is 0. The van der Waals surface area contributed by atoms with E-state index in [0.29, 0.717) is 0 Å². The summed E-state index contributed by atoms with van der Waals surface area (Å²) in [6.07, 6.45) is 0.822. The number of nitrogens with zero attached hydrogens (tertiary/aromatic N) is 3. The Balaban J connectivity index is 0.754. The highest BCUT2D eigenvalue weighted by Crippen LogP contribution is 2.43. The average molecular weight is 1200 g/mol. The lowest BCUT2D eigenvalue weighted by molar-refractivity contribution is 0.801. The van der Waals surface area contributed by atoms with Crippen LogP contribution in [0.3, 0.4) is 0 Å². The molecule has 0 spiro atoms. The Morgan fingerprint density at radius 1 is 0.202 bits per heavy atom. The first-order valence-electron chi connectivity index (χ1n) is 32.5. The third-order valence-corrected chi connectivity index (χ3v) is 18.2. The van der Waals surface area contributed by atoms with E-state index in [-0.39, 0.29) is 11.8 Å². The second-order valence-electron chi connectivity index (χ2n) is 24.0. The number of hydrogen-bond acceptors (Lipinski definition) is 3. The standard InChI is InChI=1S/C91H69N3/c1-7-25-75(26-8-1)91(78-30-22-41-87(66-78)94(83-39-17-6-18-40-83)86-62-56-71(57-63-86)70-54-60-85(61-55-70)93(81-35-13-4-14-36-81)82-37-15-5-16-38-82)77-29-21-28-76(65-77)90(74-50-48-73(49-51-74)89-43-23-27-72-24-19-20-42-88(72)89)64-67-44-46-68(47-45-67)69-52-58-84(59-53-69)92(79-31-9-2-10-32-79)80-33-11-3-12-34-80/h1-63,65-66,90-91H,64H2. The number of hydrogen-bond donors (Lipinski definition) is 0. The van der Waals surface area contributed by atoms with Gasteiger partial charge in [-0.3, -0.25) is 0 Å². The quantitative estimate of drug-likeness (QED) is 0.0747. The van der Waals surface area contributed by atoms with E-state index in [2.05, 4.69) is 409 Å². The van der Waals surface area contributed by atoms with Gasteiger partial charge in [0.2, 0.25) is 0 Å². The van der Waals surface area contributed by atoms with Crippen molar-refractivity contribution in [2.45, 2.75) is 18.3 Å². The second-order valence-corrected chi connectivity index (χ2v) is 24.0. The molecule has 0 fully saturated rings. The number of para-hydroxylation sites is 5. The third kappa shape index (κ3) is 12.6. The Morgan fingerprint density at radius 2 is 0.521 bits per heavy atom. The van der Waals surface area contributed by atoms with Crippen LogP contribution < -0.4 is 14.7 Å². The minimum atomic E-state index is -0.0590. The first-order valence-corrected chi connectivity index (χ1v) is 32.5. The maximum atomic E-state index is 2.48. The first kappa shape index (κ1) is 58.3. The number of rotatable bonds is 19. The molecule has 3 heteroatoms. The molecule has 94 heavy (non-hydrogen) atoms. The molecule has 15 rings (SSSR count). The smallest absolute Gasteiger partial charge is 0.0464 e. The molecule has 0 saturated heterocycles. The van der Waals surface area contributed by atoms with Crippen molar-refractivity contribution < 1.29 is 0 Å². The number of fused-ring (bicyclic) bond motifs is 1. The summed E-state index contributed by atoms with van der Waals surface area (Å²) in [6.45, 7) is 0. The van der Waals surface area contributed by atoms with Crippen LogP contribution in [0.15, 0.2) is 394 Å². The Bertz CT molecular complexity index is 4850. The zero-order chi connectivity index (χ0) is 62.8.